The molecule has 1 aromatic carbocycles. The first kappa shape index (κ1) is 18.9. The van der Waals surface area contributed by atoms with Crippen molar-refractivity contribution in [2.24, 2.45) is 0 Å². The number of nitrogens with zero attached hydrogens (tertiary/aromatic N) is 3. The lowest BCUT2D eigenvalue weighted by atomic mass is 10.0. The fraction of sp³-hybridized carbons (Fsp3) is 0.381. The minimum absolute atomic E-state index is 0.0000346. The van der Waals surface area contributed by atoms with Crippen LogP contribution < -0.4 is 15.2 Å². The highest BCUT2D eigenvalue weighted by atomic mass is 32.1. The van der Waals surface area contributed by atoms with Gasteiger partial charge in [-0.15, -0.1) is 16.4 Å². The molecule has 4 heterocycles. The van der Waals surface area contributed by atoms with Gasteiger partial charge in [0.1, 0.15) is 13.2 Å². The number of amides is 1. The highest BCUT2D eigenvalue weighted by Crippen LogP contribution is 2.38. The summed E-state index contributed by atoms with van der Waals surface area (Å²) < 4.78 is 17.7. The molecule has 0 aliphatic carbocycles. The monoisotopic (exact) mass is 427 g/mol. The maximum atomic E-state index is 12.9. The summed E-state index contributed by atoms with van der Waals surface area (Å²) in [6, 6.07) is 9.59. The molecule has 0 saturated carbocycles. The summed E-state index contributed by atoms with van der Waals surface area (Å²) in [5.41, 5.74) is 1.05. The second-order valence-electron chi connectivity index (χ2n) is 7.27. The summed E-state index contributed by atoms with van der Waals surface area (Å²) in [4.78, 5) is 27.7. The van der Waals surface area contributed by atoms with Gasteiger partial charge < -0.3 is 18.8 Å². The van der Waals surface area contributed by atoms with E-state index in [1.807, 2.05) is 40.6 Å². The van der Waals surface area contributed by atoms with E-state index in [1.165, 1.54) is 16.0 Å². The number of hydrogen-bond acceptors (Lipinski definition) is 7. The fourth-order valence-corrected chi connectivity index (χ4v) is 4.62. The average molecular weight is 427 g/mol. The van der Waals surface area contributed by atoms with Gasteiger partial charge in [0.25, 0.3) is 5.89 Å². The van der Waals surface area contributed by atoms with Crippen LogP contribution in [-0.4, -0.2) is 40.3 Å². The van der Waals surface area contributed by atoms with Gasteiger partial charge in [0, 0.05) is 13.0 Å². The average Bonchev–Trinajstić information content (AvgIpc) is 3.52. The van der Waals surface area contributed by atoms with Crippen molar-refractivity contribution in [2.75, 3.05) is 19.8 Å². The summed E-state index contributed by atoms with van der Waals surface area (Å²) in [5.74, 6) is 1.22. The number of carbonyl (C=O) groups excluding carboxylic acids is 1. The smallest absolute Gasteiger partial charge is 0.437 e. The van der Waals surface area contributed by atoms with E-state index in [4.69, 9.17) is 13.9 Å². The number of likely N-dealkylation sites (tertiary alicyclic amines) is 1. The molecule has 0 spiro atoms. The van der Waals surface area contributed by atoms with Crippen LogP contribution in [0.5, 0.6) is 11.5 Å². The van der Waals surface area contributed by atoms with Gasteiger partial charge in [-0.1, -0.05) is 12.1 Å². The third kappa shape index (κ3) is 3.60. The molecule has 1 saturated heterocycles. The van der Waals surface area contributed by atoms with Crippen LogP contribution in [0.2, 0.25) is 0 Å². The molecule has 8 nitrogen and oxygen atoms in total. The van der Waals surface area contributed by atoms with E-state index >= 15 is 0 Å². The Balaban J connectivity index is 1.27. The Morgan fingerprint density at radius 3 is 2.90 bits per heavy atom. The lowest BCUT2D eigenvalue weighted by Gasteiger charge is -2.26. The molecule has 0 radical (unpaired) electrons. The van der Waals surface area contributed by atoms with Crippen LogP contribution >= 0.6 is 11.3 Å². The third-order valence-electron chi connectivity index (χ3n) is 5.40. The largest absolute Gasteiger partial charge is 0.486 e. The summed E-state index contributed by atoms with van der Waals surface area (Å²) in [7, 11) is 0. The quantitative estimate of drug-likeness (QED) is 0.622. The van der Waals surface area contributed by atoms with E-state index in [-0.39, 0.29) is 30.8 Å². The van der Waals surface area contributed by atoms with Gasteiger partial charge in [-0.05, 0) is 42.0 Å². The third-order valence-corrected chi connectivity index (χ3v) is 6.26. The van der Waals surface area contributed by atoms with Crippen molar-refractivity contribution in [3.8, 4) is 22.3 Å². The van der Waals surface area contributed by atoms with Gasteiger partial charge >= 0.3 is 5.76 Å². The molecule has 0 bridgehead atoms. The molecule has 0 N–H and O–H groups in total. The first-order valence-electron chi connectivity index (χ1n) is 10.00. The maximum absolute atomic E-state index is 12.9. The van der Waals surface area contributed by atoms with E-state index in [2.05, 4.69) is 5.10 Å². The molecule has 5 rings (SSSR count). The van der Waals surface area contributed by atoms with Gasteiger partial charge in [0.05, 0.1) is 17.5 Å². The normalized spacial score (nSPS) is 18.0. The van der Waals surface area contributed by atoms with Crippen molar-refractivity contribution >= 4 is 17.2 Å². The Morgan fingerprint density at radius 1 is 1.20 bits per heavy atom. The van der Waals surface area contributed by atoms with Crippen LogP contribution in [0.1, 0.15) is 30.9 Å². The van der Waals surface area contributed by atoms with Crippen molar-refractivity contribution in [1.82, 2.24) is 14.7 Å². The van der Waals surface area contributed by atoms with E-state index in [0.717, 1.165) is 34.8 Å². The zero-order valence-corrected chi connectivity index (χ0v) is 17.1. The Morgan fingerprint density at radius 2 is 2.07 bits per heavy atom. The van der Waals surface area contributed by atoms with Crippen molar-refractivity contribution in [2.45, 2.75) is 31.8 Å². The van der Waals surface area contributed by atoms with Gasteiger partial charge in [-0.2, -0.15) is 4.68 Å². The number of hydrogen-bond donors (Lipinski definition) is 0. The molecule has 156 valence electrons. The molecular formula is C21H21N3O5S. The highest BCUT2D eigenvalue weighted by molar-refractivity contribution is 7.13. The van der Waals surface area contributed by atoms with E-state index in [9.17, 15) is 9.59 Å². The van der Waals surface area contributed by atoms with E-state index in [0.29, 0.717) is 19.8 Å². The van der Waals surface area contributed by atoms with Crippen molar-refractivity contribution in [1.29, 1.82) is 0 Å². The number of fused-ring (bicyclic) bond motifs is 1. The Bertz CT molecular complexity index is 1100. The molecule has 0 unspecified atom stereocenters. The van der Waals surface area contributed by atoms with Crippen LogP contribution in [0, 0.1) is 0 Å². The number of thiophene rings is 1. The first-order valence-corrected chi connectivity index (χ1v) is 10.9. The fourth-order valence-electron chi connectivity index (χ4n) is 3.97. The lowest BCUT2D eigenvalue weighted by Crippen LogP contribution is -2.32. The van der Waals surface area contributed by atoms with Crippen LogP contribution in [0.15, 0.2) is 44.9 Å². The molecule has 1 amide bonds. The second kappa shape index (κ2) is 7.98. The topological polar surface area (TPSA) is 86.8 Å². The zero-order valence-electron chi connectivity index (χ0n) is 16.3. The van der Waals surface area contributed by atoms with Gasteiger partial charge in [0.2, 0.25) is 5.91 Å². The molecule has 3 aromatic rings. The zero-order chi connectivity index (χ0) is 20.5. The van der Waals surface area contributed by atoms with E-state index in [1.54, 1.807) is 0 Å². The highest BCUT2D eigenvalue weighted by Gasteiger charge is 2.30. The number of aromatic nitrogens is 2. The lowest BCUT2D eigenvalue weighted by molar-refractivity contribution is -0.132. The molecule has 1 atom stereocenters. The minimum atomic E-state index is -0.545. The summed E-state index contributed by atoms with van der Waals surface area (Å²) in [6.07, 6.45) is 2.03. The van der Waals surface area contributed by atoms with Crippen LogP contribution in [0.4, 0.5) is 0 Å². The molecule has 9 heteroatoms. The second-order valence-corrected chi connectivity index (χ2v) is 8.22. The Kier molecular flexibility index (Phi) is 5.04. The molecule has 2 aromatic heterocycles. The molecular weight excluding hydrogens is 406 g/mol. The Hall–Kier alpha value is -3.07. The Labute approximate surface area is 176 Å². The SMILES string of the molecule is O=C(CCn1nc(-c2cccs2)oc1=O)N1CCC[C@H]1c1ccc2c(c1)OCCO2. The molecule has 2 aliphatic heterocycles. The maximum Gasteiger partial charge on any atom is 0.437 e. The number of carbonyl (C=O) groups is 1. The number of ether oxygens (including phenoxy) is 2. The van der Waals surface area contributed by atoms with Crippen molar-refractivity contribution < 1.29 is 18.7 Å². The van der Waals surface area contributed by atoms with Crippen LogP contribution in [0.25, 0.3) is 10.8 Å². The number of benzene rings is 1. The summed E-state index contributed by atoms with van der Waals surface area (Å²) in [6.45, 7) is 1.97. The number of rotatable bonds is 5. The first-order chi connectivity index (χ1) is 14.7. The van der Waals surface area contributed by atoms with Crippen molar-refractivity contribution in [3.05, 3.63) is 51.8 Å². The standard InChI is InChI=1S/C21H21N3O5S/c25-19(7-9-24-21(26)29-20(22-24)18-4-2-12-30-18)23-8-1-3-15(23)14-5-6-16-17(13-14)28-11-10-27-16/h2,4-6,12-13,15H,1,3,7-11H2/t15-/m0/s1. The summed E-state index contributed by atoms with van der Waals surface area (Å²) in [5, 5.41) is 6.12. The van der Waals surface area contributed by atoms with Crippen LogP contribution in [0.3, 0.4) is 0 Å². The molecule has 1 fully saturated rings. The summed E-state index contributed by atoms with van der Waals surface area (Å²) >= 11 is 1.45. The predicted molar refractivity (Wildman–Crippen MR) is 110 cm³/mol. The van der Waals surface area contributed by atoms with Gasteiger partial charge in [0.15, 0.2) is 11.5 Å². The van der Waals surface area contributed by atoms with Gasteiger partial charge in [-0.3, -0.25) is 4.79 Å². The van der Waals surface area contributed by atoms with Gasteiger partial charge in [-0.25, -0.2) is 4.79 Å². The number of aryl methyl sites for hydroxylation is 1. The predicted octanol–water partition coefficient (Wildman–Crippen LogP) is 3.09. The van der Waals surface area contributed by atoms with E-state index < -0.39 is 5.76 Å². The molecule has 2 aliphatic rings. The van der Waals surface area contributed by atoms with Crippen LogP contribution in [-0.2, 0) is 11.3 Å². The minimum Gasteiger partial charge on any atom is -0.486 e. The molecule has 30 heavy (non-hydrogen) atoms. The van der Waals surface area contributed by atoms with Crippen molar-refractivity contribution in [3.63, 3.8) is 0 Å².